The first-order valence-corrected chi connectivity index (χ1v) is 11.3. The number of alkyl halides is 3. The van der Waals surface area contributed by atoms with Gasteiger partial charge in [0.15, 0.2) is 0 Å². The molecule has 0 bridgehead atoms. The second-order valence-corrected chi connectivity index (χ2v) is 8.72. The quantitative estimate of drug-likeness (QED) is 0.357. The molecule has 0 amide bonds. The molecule has 1 aromatic heterocycles. The van der Waals surface area contributed by atoms with E-state index < -0.39 is 50.8 Å². The lowest BCUT2D eigenvalue weighted by molar-refractivity contribution is -0.137. The molecule has 3 N–H and O–H groups in total. The third kappa shape index (κ3) is 5.14. The number of benzene rings is 2. The Bertz CT molecular complexity index is 1340. The average molecular weight is 524 g/mol. The van der Waals surface area contributed by atoms with Crippen LogP contribution in [0.2, 0.25) is 5.02 Å². The molecule has 0 fully saturated rings. The van der Waals surface area contributed by atoms with Gasteiger partial charge in [0.05, 0.1) is 28.1 Å². The van der Waals surface area contributed by atoms with E-state index >= 15 is 0 Å². The minimum Gasteiger partial charge on any atom is -0.395 e. The lowest BCUT2D eigenvalue weighted by atomic mass is 9.96. The fraction of sp³-hybridized carbons (Fsp3) is 0.333. The molecule has 0 saturated carbocycles. The second kappa shape index (κ2) is 10.5. The van der Waals surface area contributed by atoms with Gasteiger partial charge >= 0.3 is 11.9 Å². The van der Waals surface area contributed by atoms with Crippen molar-refractivity contribution in [1.82, 2.24) is 14.9 Å². The van der Waals surface area contributed by atoms with Gasteiger partial charge in [-0.3, -0.25) is 14.3 Å². The van der Waals surface area contributed by atoms with Crippen LogP contribution in [0.3, 0.4) is 0 Å². The highest BCUT2D eigenvalue weighted by molar-refractivity contribution is 7.99. The monoisotopic (exact) mass is 523 g/mol. The summed E-state index contributed by atoms with van der Waals surface area (Å²) in [6.45, 7) is 1.10. The molecule has 13 heteroatoms. The number of aromatic nitrogens is 2. The second-order valence-electron chi connectivity index (χ2n) is 7.21. The van der Waals surface area contributed by atoms with E-state index in [1.807, 2.05) is 4.98 Å². The van der Waals surface area contributed by atoms with Crippen LogP contribution in [-0.4, -0.2) is 40.6 Å². The third-order valence-corrected chi connectivity index (χ3v) is 6.42. The summed E-state index contributed by atoms with van der Waals surface area (Å²) in [5, 5.41) is 9.88. The maximum absolute atomic E-state index is 14.6. The maximum atomic E-state index is 14.6. The number of aliphatic hydroxyl groups is 1. The molecule has 1 aliphatic heterocycles. The number of hydrogen-bond donors (Lipinski definition) is 3. The van der Waals surface area contributed by atoms with Crippen LogP contribution in [0.4, 0.5) is 22.0 Å². The zero-order valence-electron chi connectivity index (χ0n) is 17.7. The Labute approximate surface area is 198 Å². The summed E-state index contributed by atoms with van der Waals surface area (Å²) in [6.07, 6.45) is -4.51. The van der Waals surface area contributed by atoms with Gasteiger partial charge in [-0.15, -0.1) is 11.8 Å². The highest BCUT2D eigenvalue weighted by Gasteiger charge is 2.38. The van der Waals surface area contributed by atoms with Gasteiger partial charge in [0, 0.05) is 35.2 Å². The minimum atomic E-state index is -4.95. The lowest BCUT2D eigenvalue weighted by Crippen LogP contribution is -2.30. The molecular formula is C21H19ClF5N3O3S. The zero-order chi connectivity index (χ0) is 25.2. The number of rotatable bonds is 3. The van der Waals surface area contributed by atoms with Crippen LogP contribution < -0.4 is 16.6 Å². The maximum Gasteiger partial charge on any atom is 0.417 e. The normalized spacial score (nSPS) is 13.4. The number of aryl methyl sites for hydroxylation is 1. The van der Waals surface area contributed by atoms with Crippen LogP contribution in [-0.2, 0) is 12.7 Å². The number of halogens is 6. The Balaban J connectivity index is 0.000000588. The molecule has 0 atom stereocenters. The third-order valence-electron chi connectivity index (χ3n) is 4.95. The summed E-state index contributed by atoms with van der Waals surface area (Å²) < 4.78 is 71.0. The van der Waals surface area contributed by atoms with Crippen LogP contribution >= 0.6 is 23.4 Å². The van der Waals surface area contributed by atoms with Crippen LogP contribution in [0.1, 0.15) is 12.0 Å². The number of hydrogen-bond acceptors (Lipinski definition) is 5. The molecule has 0 unspecified atom stereocenters. The molecule has 0 radical (unpaired) electrons. The lowest BCUT2D eigenvalue weighted by Gasteiger charge is -2.20. The molecule has 2 aromatic carbocycles. The number of aromatic amines is 1. The van der Waals surface area contributed by atoms with Crippen LogP contribution in [0, 0.1) is 11.6 Å². The number of nitrogens with zero attached hydrogens (tertiary/aromatic N) is 1. The van der Waals surface area contributed by atoms with E-state index in [2.05, 4.69) is 5.32 Å². The topological polar surface area (TPSA) is 87.1 Å². The molecule has 6 nitrogen and oxygen atoms in total. The predicted octanol–water partition coefficient (Wildman–Crippen LogP) is 4.00. The van der Waals surface area contributed by atoms with Gasteiger partial charge in [0.2, 0.25) is 0 Å². The van der Waals surface area contributed by atoms with Gasteiger partial charge < -0.3 is 10.4 Å². The molecule has 3 aromatic rings. The van der Waals surface area contributed by atoms with E-state index in [1.165, 1.54) is 4.57 Å². The van der Waals surface area contributed by atoms with Crippen molar-refractivity contribution in [2.45, 2.75) is 24.0 Å². The first-order valence-electron chi connectivity index (χ1n) is 9.95. The molecular weight excluding hydrogens is 505 g/mol. The van der Waals surface area contributed by atoms with Crippen molar-refractivity contribution in [3.05, 3.63) is 61.3 Å². The Hall–Kier alpha value is -2.41. The Kier molecular flexibility index (Phi) is 8.06. The van der Waals surface area contributed by atoms with Gasteiger partial charge in [0.1, 0.15) is 11.6 Å². The standard InChI is InChI=1S/C18H10ClF5N2O2S.C3H9NO/c19-10-5-7(11(20)6-12(10)21)13-9(18(22,23)24)4-8-14-15(13)29-3-1-2-26(14)17(28)25-16(8)27;1-4-2-3-5/h4-6H,1-3H2,(H,25,27,28);4-5H,2-3H2,1H3. The molecule has 2 heterocycles. The van der Waals surface area contributed by atoms with Gasteiger partial charge in [-0.05, 0) is 31.4 Å². The Morgan fingerprint density at radius 3 is 2.50 bits per heavy atom. The summed E-state index contributed by atoms with van der Waals surface area (Å²) in [6, 6.07) is 1.77. The largest absolute Gasteiger partial charge is 0.417 e. The Morgan fingerprint density at radius 2 is 1.91 bits per heavy atom. The first kappa shape index (κ1) is 26.2. The van der Waals surface area contributed by atoms with Crippen molar-refractivity contribution in [3.63, 3.8) is 0 Å². The number of thioether (sulfide) groups is 1. The minimum absolute atomic E-state index is 0.0101. The molecule has 0 spiro atoms. The SMILES string of the molecule is CNCCO.O=c1[nH]c(=O)n2c3c(c(-c4cc(Cl)c(F)cc4F)c(C(F)(F)F)cc13)SCCC2. The van der Waals surface area contributed by atoms with Crippen molar-refractivity contribution in [3.8, 4) is 11.1 Å². The molecule has 0 saturated heterocycles. The van der Waals surface area contributed by atoms with E-state index in [4.69, 9.17) is 16.7 Å². The molecule has 34 heavy (non-hydrogen) atoms. The zero-order valence-corrected chi connectivity index (χ0v) is 19.2. The Morgan fingerprint density at radius 1 is 1.21 bits per heavy atom. The summed E-state index contributed by atoms with van der Waals surface area (Å²) in [5.74, 6) is -2.03. The smallest absolute Gasteiger partial charge is 0.395 e. The van der Waals surface area contributed by atoms with Crippen LogP contribution in [0.15, 0.2) is 32.7 Å². The molecule has 0 aliphatic carbocycles. The molecule has 4 rings (SSSR count). The number of likely N-dealkylation sites (N-methyl/N-ethyl adjacent to an activating group) is 1. The van der Waals surface area contributed by atoms with Crippen LogP contribution in [0.5, 0.6) is 0 Å². The summed E-state index contributed by atoms with van der Waals surface area (Å²) in [7, 11) is 1.80. The van der Waals surface area contributed by atoms with E-state index in [1.54, 1.807) is 7.05 Å². The van der Waals surface area contributed by atoms with Crippen LogP contribution in [0.25, 0.3) is 22.0 Å². The fourth-order valence-corrected chi connectivity index (χ4v) is 4.85. The highest BCUT2D eigenvalue weighted by Crippen LogP contribution is 2.47. The van der Waals surface area contributed by atoms with E-state index in [0.717, 1.165) is 17.8 Å². The average Bonchev–Trinajstić information content (AvgIpc) is 2.98. The van der Waals surface area contributed by atoms with E-state index in [9.17, 15) is 31.5 Å². The van der Waals surface area contributed by atoms with Gasteiger partial charge in [-0.25, -0.2) is 13.6 Å². The van der Waals surface area contributed by atoms with Crippen molar-refractivity contribution in [1.29, 1.82) is 0 Å². The molecule has 1 aliphatic rings. The van der Waals surface area contributed by atoms with Crippen molar-refractivity contribution < 1.29 is 27.1 Å². The summed E-state index contributed by atoms with van der Waals surface area (Å²) in [5.41, 5.74) is -4.16. The number of nitrogens with one attached hydrogen (secondary N) is 2. The number of aliphatic hydroxyl groups excluding tert-OH is 1. The van der Waals surface area contributed by atoms with E-state index in [0.29, 0.717) is 30.9 Å². The predicted molar refractivity (Wildman–Crippen MR) is 121 cm³/mol. The highest BCUT2D eigenvalue weighted by atomic mass is 35.5. The van der Waals surface area contributed by atoms with Gasteiger partial charge in [0.25, 0.3) is 5.56 Å². The van der Waals surface area contributed by atoms with Crippen molar-refractivity contribution in [2.75, 3.05) is 26.0 Å². The van der Waals surface area contributed by atoms with Crippen molar-refractivity contribution in [2.24, 2.45) is 0 Å². The first-order chi connectivity index (χ1) is 16.0. The van der Waals surface area contributed by atoms with Gasteiger partial charge in [-0.2, -0.15) is 13.2 Å². The summed E-state index contributed by atoms with van der Waals surface area (Å²) >= 11 is 6.68. The van der Waals surface area contributed by atoms with Gasteiger partial charge in [-0.1, -0.05) is 11.6 Å². The molecule has 184 valence electrons. The fourth-order valence-electron chi connectivity index (χ4n) is 3.49. The summed E-state index contributed by atoms with van der Waals surface area (Å²) in [4.78, 5) is 26.5. The number of H-pyrrole nitrogens is 1. The van der Waals surface area contributed by atoms with Crippen molar-refractivity contribution >= 4 is 34.3 Å². The van der Waals surface area contributed by atoms with E-state index in [-0.39, 0.29) is 29.0 Å².